The van der Waals surface area contributed by atoms with E-state index in [0.29, 0.717) is 26.1 Å². The van der Waals surface area contributed by atoms with Crippen molar-refractivity contribution in [3.63, 3.8) is 0 Å². The number of aromatic amines is 1. The van der Waals surface area contributed by atoms with Crippen molar-refractivity contribution in [2.75, 3.05) is 19.6 Å². The lowest BCUT2D eigenvalue weighted by Gasteiger charge is -2.26. The summed E-state index contributed by atoms with van der Waals surface area (Å²) in [7, 11) is -3.64. The van der Waals surface area contributed by atoms with Gasteiger partial charge in [-0.05, 0) is 42.5 Å². The van der Waals surface area contributed by atoms with Crippen molar-refractivity contribution in [1.29, 1.82) is 0 Å². The number of imidazole rings is 1. The number of halogens is 1. The second kappa shape index (κ2) is 9.52. The Hall–Kier alpha value is -2.20. The molecule has 0 saturated carbocycles. The van der Waals surface area contributed by atoms with Crippen LogP contribution in [0.2, 0.25) is 5.02 Å². The molecule has 1 amide bonds. The van der Waals surface area contributed by atoms with Crippen LogP contribution in [0.1, 0.15) is 35.3 Å². The van der Waals surface area contributed by atoms with Crippen LogP contribution in [0.4, 0.5) is 0 Å². The molecule has 7 nitrogen and oxygen atoms in total. The molecular formula is C21H23ClN4O3S2. The van der Waals surface area contributed by atoms with E-state index >= 15 is 0 Å². The van der Waals surface area contributed by atoms with Gasteiger partial charge in [-0.1, -0.05) is 24.1 Å². The van der Waals surface area contributed by atoms with E-state index in [1.165, 1.54) is 22.5 Å². The molecule has 3 heterocycles. The minimum absolute atomic E-state index is 0.0949. The first kappa shape index (κ1) is 22.0. The number of amides is 1. The molecule has 0 bridgehead atoms. The molecule has 10 heteroatoms. The highest BCUT2D eigenvalue weighted by molar-refractivity contribution is 7.89. The van der Waals surface area contributed by atoms with Crippen LogP contribution in [-0.4, -0.2) is 48.2 Å². The summed E-state index contributed by atoms with van der Waals surface area (Å²) in [5, 5.41) is 5.04. The second-order valence-electron chi connectivity index (χ2n) is 7.32. The number of nitrogens with one attached hydrogen (secondary N) is 2. The number of nitrogens with zero attached hydrogens (tertiary/aromatic N) is 2. The van der Waals surface area contributed by atoms with E-state index in [4.69, 9.17) is 11.6 Å². The van der Waals surface area contributed by atoms with Crippen molar-refractivity contribution in [3.8, 4) is 10.6 Å². The molecule has 0 aliphatic carbocycles. The van der Waals surface area contributed by atoms with E-state index in [1.54, 1.807) is 17.7 Å². The van der Waals surface area contributed by atoms with Gasteiger partial charge in [-0.2, -0.15) is 4.31 Å². The predicted molar refractivity (Wildman–Crippen MR) is 122 cm³/mol. The van der Waals surface area contributed by atoms with Crippen LogP contribution in [0, 0.1) is 0 Å². The van der Waals surface area contributed by atoms with Crippen LogP contribution in [0.3, 0.4) is 0 Å². The highest BCUT2D eigenvalue weighted by Gasteiger charge is 2.27. The van der Waals surface area contributed by atoms with Crippen molar-refractivity contribution in [2.45, 2.75) is 30.6 Å². The Kier molecular flexibility index (Phi) is 6.76. The maximum atomic E-state index is 12.9. The van der Waals surface area contributed by atoms with Gasteiger partial charge in [0, 0.05) is 31.7 Å². The Balaban J connectivity index is 1.44. The molecule has 1 saturated heterocycles. The van der Waals surface area contributed by atoms with Crippen molar-refractivity contribution >= 4 is 38.9 Å². The van der Waals surface area contributed by atoms with Gasteiger partial charge in [0.05, 0.1) is 26.7 Å². The van der Waals surface area contributed by atoms with E-state index in [1.807, 2.05) is 17.5 Å². The second-order valence-corrected chi connectivity index (χ2v) is 10.6. The van der Waals surface area contributed by atoms with Crippen LogP contribution in [-0.2, 0) is 16.4 Å². The zero-order chi connectivity index (χ0) is 21.8. The van der Waals surface area contributed by atoms with Gasteiger partial charge < -0.3 is 10.3 Å². The lowest BCUT2D eigenvalue weighted by atomic mass is 10.2. The minimum Gasteiger partial charge on any atom is -0.352 e. The fourth-order valence-corrected chi connectivity index (χ4v) is 6.12. The van der Waals surface area contributed by atoms with Gasteiger partial charge in [-0.15, -0.1) is 11.3 Å². The first-order chi connectivity index (χ1) is 15.0. The largest absolute Gasteiger partial charge is 0.352 e. The van der Waals surface area contributed by atoms with Crippen molar-refractivity contribution in [1.82, 2.24) is 19.6 Å². The number of aromatic nitrogens is 2. The standard InChI is InChI=1S/C21H23ClN4O3S2/c22-17-7-6-15(31(28,29)26-10-2-1-3-11-26)13-16(17)21(27)23-9-8-18-20(25-14-24-18)19-5-4-12-30-19/h4-7,12-14H,1-3,8-11H2,(H,23,27)(H,24,25). The highest BCUT2D eigenvalue weighted by Crippen LogP contribution is 2.26. The molecule has 3 aromatic rings. The minimum atomic E-state index is -3.64. The summed E-state index contributed by atoms with van der Waals surface area (Å²) in [6, 6.07) is 8.26. The maximum Gasteiger partial charge on any atom is 0.252 e. The molecule has 0 unspecified atom stereocenters. The van der Waals surface area contributed by atoms with Crippen LogP contribution in [0.5, 0.6) is 0 Å². The molecule has 0 spiro atoms. The Bertz CT molecular complexity index is 1150. The van der Waals surface area contributed by atoms with Crippen LogP contribution in [0.25, 0.3) is 10.6 Å². The smallest absolute Gasteiger partial charge is 0.252 e. The monoisotopic (exact) mass is 478 g/mol. The normalized spacial score (nSPS) is 15.1. The first-order valence-electron chi connectivity index (χ1n) is 10.1. The molecule has 1 aliphatic rings. The Morgan fingerprint density at radius 1 is 1.23 bits per heavy atom. The van der Waals surface area contributed by atoms with Gasteiger partial charge in [0.25, 0.3) is 5.91 Å². The van der Waals surface area contributed by atoms with E-state index < -0.39 is 15.9 Å². The number of rotatable bonds is 7. The third-order valence-corrected chi connectivity index (χ3v) is 8.37. The average Bonchev–Trinajstić information content (AvgIpc) is 3.46. The highest BCUT2D eigenvalue weighted by atomic mass is 35.5. The van der Waals surface area contributed by atoms with Gasteiger partial charge in [0.2, 0.25) is 10.0 Å². The molecule has 2 aromatic heterocycles. The summed E-state index contributed by atoms with van der Waals surface area (Å²) in [5.41, 5.74) is 1.95. The molecule has 164 valence electrons. The predicted octanol–water partition coefficient (Wildman–Crippen LogP) is 3.94. The summed E-state index contributed by atoms with van der Waals surface area (Å²) < 4.78 is 27.3. The zero-order valence-electron chi connectivity index (χ0n) is 16.8. The maximum absolute atomic E-state index is 12.9. The number of sulfonamides is 1. The van der Waals surface area contributed by atoms with E-state index in [-0.39, 0.29) is 15.5 Å². The Morgan fingerprint density at radius 3 is 2.77 bits per heavy atom. The first-order valence-corrected chi connectivity index (χ1v) is 12.8. The lowest BCUT2D eigenvalue weighted by molar-refractivity contribution is 0.0954. The number of hydrogen-bond donors (Lipinski definition) is 2. The molecule has 1 aliphatic heterocycles. The van der Waals surface area contributed by atoms with E-state index in [9.17, 15) is 13.2 Å². The molecule has 4 rings (SSSR count). The van der Waals surface area contributed by atoms with E-state index in [2.05, 4.69) is 15.3 Å². The quantitative estimate of drug-likeness (QED) is 0.537. The summed E-state index contributed by atoms with van der Waals surface area (Å²) >= 11 is 7.81. The number of carbonyl (C=O) groups excluding carboxylic acids is 1. The molecular weight excluding hydrogens is 456 g/mol. The molecule has 2 N–H and O–H groups in total. The zero-order valence-corrected chi connectivity index (χ0v) is 19.2. The number of thiophene rings is 1. The van der Waals surface area contributed by atoms with Gasteiger partial charge in [0.1, 0.15) is 5.69 Å². The third kappa shape index (κ3) is 4.85. The van der Waals surface area contributed by atoms with Gasteiger partial charge >= 0.3 is 0 Å². The SMILES string of the molecule is O=C(NCCc1[nH]cnc1-c1cccs1)c1cc(S(=O)(=O)N2CCCCC2)ccc1Cl. The number of benzene rings is 1. The van der Waals surface area contributed by atoms with Gasteiger partial charge in [-0.3, -0.25) is 4.79 Å². The fraction of sp³-hybridized carbons (Fsp3) is 0.333. The van der Waals surface area contributed by atoms with Gasteiger partial charge in [-0.25, -0.2) is 13.4 Å². The summed E-state index contributed by atoms with van der Waals surface area (Å²) in [6.07, 6.45) is 4.92. The summed E-state index contributed by atoms with van der Waals surface area (Å²) in [6.45, 7) is 1.37. The Labute approximate surface area is 190 Å². The van der Waals surface area contributed by atoms with Crippen molar-refractivity contribution in [2.24, 2.45) is 0 Å². The molecule has 0 atom stereocenters. The van der Waals surface area contributed by atoms with Crippen LogP contribution in [0.15, 0.2) is 46.9 Å². The third-order valence-electron chi connectivity index (χ3n) is 5.27. The number of carbonyl (C=O) groups is 1. The topological polar surface area (TPSA) is 95.2 Å². The van der Waals surface area contributed by atoms with Crippen molar-refractivity contribution < 1.29 is 13.2 Å². The molecule has 1 fully saturated rings. The van der Waals surface area contributed by atoms with Crippen molar-refractivity contribution in [3.05, 3.63) is 58.3 Å². The fourth-order valence-electron chi connectivity index (χ4n) is 3.63. The molecule has 0 radical (unpaired) electrons. The van der Waals surface area contributed by atoms with E-state index in [0.717, 1.165) is 35.5 Å². The number of hydrogen-bond acceptors (Lipinski definition) is 5. The van der Waals surface area contributed by atoms with Crippen LogP contribution < -0.4 is 5.32 Å². The number of H-pyrrole nitrogens is 1. The summed E-state index contributed by atoms with van der Waals surface area (Å²) in [5.74, 6) is -0.405. The van der Waals surface area contributed by atoms with Gasteiger partial charge in [0.15, 0.2) is 0 Å². The molecule has 31 heavy (non-hydrogen) atoms. The average molecular weight is 479 g/mol. The number of piperidine rings is 1. The lowest BCUT2D eigenvalue weighted by Crippen LogP contribution is -2.35. The summed E-state index contributed by atoms with van der Waals surface area (Å²) in [4.78, 5) is 21.4. The Morgan fingerprint density at radius 2 is 2.03 bits per heavy atom. The van der Waals surface area contributed by atoms with Crippen LogP contribution >= 0.6 is 22.9 Å². The molecule has 1 aromatic carbocycles.